The van der Waals surface area contributed by atoms with Crippen molar-refractivity contribution >= 4 is 41.3 Å². The van der Waals surface area contributed by atoms with Gasteiger partial charge >= 0.3 is 12.0 Å². The molecule has 2 rings (SSSR count). The van der Waals surface area contributed by atoms with E-state index < -0.39 is 35.6 Å². The van der Waals surface area contributed by atoms with Gasteiger partial charge in [-0.05, 0) is 44.0 Å². The molecule has 1 unspecified atom stereocenters. The van der Waals surface area contributed by atoms with Gasteiger partial charge in [-0.2, -0.15) is 0 Å². The van der Waals surface area contributed by atoms with Gasteiger partial charge in [0.25, 0.3) is 5.91 Å². The number of carbonyl (C=O) groups excluding carboxylic acids is 4. The summed E-state index contributed by atoms with van der Waals surface area (Å²) in [5, 5.41) is 6.77. The molecule has 0 aromatic heterocycles. The molecule has 1 aromatic rings. The summed E-state index contributed by atoms with van der Waals surface area (Å²) in [6.07, 6.45) is 5.03. The fourth-order valence-electron chi connectivity index (χ4n) is 2.88. The lowest BCUT2D eigenvalue weighted by atomic mass is 9.96. The van der Waals surface area contributed by atoms with Crippen LogP contribution in [0, 0.1) is 5.82 Å². The van der Waals surface area contributed by atoms with Gasteiger partial charge in [-0.1, -0.05) is 19.3 Å². The maximum atomic E-state index is 12.9. The van der Waals surface area contributed by atoms with Gasteiger partial charge in [0.2, 0.25) is 5.91 Å². The number of urea groups is 1. The molecule has 0 bridgehead atoms. The van der Waals surface area contributed by atoms with Crippen molar-refractivity contribution in [1.82, 2.24) is 10.6 Å². The summed E-state index contributed by atoms with van der Waals surface area (Å²) in [7, 11) is 0. The van der Waals surface area contributed by atoms with Crippen LogP contribution in [0.15, 0.2) is 24.3 Å². The Morgan fingerprint density at radius 2 is 1.77 bits per heavy atom. The lowest BCUT2D eigenvalue weighted by molar-refractivity contribution is -0.147. The van der Waals surface area contributed by atoms with Crippen molar-refractivity contribution in [3.63, 3.8) is 0 Å². The number of amides is 4. The second kappa shape index (κ2) is 12.2. The summed E-state index contributed by atoms with van der Waals surface area (Å²) >= 11 is 1.03. The minimum Gasteiger partial charge on any atom is -0.455 e. The van der Waals surface area contributed by atoms with E-state index in [0.717, 1.165) is 43.9 Å². The summed E-state index contributed by atoms with van der Waals surface area (Å²) in [5.41, 5.74) is 0.445. The van der Waals surface area contributed by atoms with E-state index >= 15 is 0 Å². The first-order valence-electron chi connectivity index (χ1n) is 9.77. The molecule has 1 atom stereocenters. The SMILES string of the molecule is CC(SCC(=O)Nc1ccc(F)cc1)C(=O)OCC(=O)NC(=O)NC1CCCCC1. The Morgan fingerprint density at radius 1 is 1.10 bits per heavy atom. The van der Waals surface area contributed by atoms with Crippen molar-refractivity contribution in [3.8, 4) is 0 Å². The molecule has 0 aliphatic heterocycles. The molecule has 10 heteroatoms. The molecule has 0 heterocycles. The normalized spacial score (nSPS) is 15.0. The summed E-state index contributed by atoms with van der Waals surface area (Å²) in [4.78, 5) is 47.4. The zero-order chi connectivity index (χ0) is 21.9. The van der Waals surface area contributed by atoms with Crippen LogP contribution in [0.3, 0.4) is 0 Å². The highest BCUT2D eigenvalue weighted by Gasteiger charge is 2.20. The predicted octanol–water partition coefficient (Wildman–Crippen LogP) is 2.59. The number of benzene rings is 1. The van der Waals surface area contributed by atoms with Crippen molar-refractivity contribution < 1.29 is 28.3 Å². The molecule has 8 nitrogen and oxygen atoms in total. The van der Waals surface area contributed by atoms with Gasteiger partial charge in [0.1, 0.15) is 11.1 Å². The number of carbonyl (C=O) groups is 4. The Hall–Kier alpha value is -2.62. The van der Waals surface area contributed by atoms with Crippen LogP contribution in [0.1, 0.15) is 39.0 Å². The van der Waals surface area contributed by atoms with Crippen molar-refractivity contribution in [2.24, 2.45) is 0 Å². The van der Waals surface area contributed by atoms with E-state index in [-0.39, 0.29) is 17.7 Å². The molecular formula is C20H26FN3O5S. The van der Waals surface area contributed by atoms with Gasteiger partial charge in [-0.25, -0.2) is 9.18 Å². The first kappa shape index (κ1) is 23.7. The summed E-state index contributed by atoms with van der Waals surface area (Å²) in [6.45, 7) is 0.968. The number of halogens is 1. The first-order chi connectivity index (χ1) is 14.3. The van der Waals surface area contributed by atoms with E-state index in [1.165, 1.54) is 24.3 Å². The molecule has 164 valence electrons. The topological polar surface area (TPSA) is 114 Å². The third kappa shape index (κ3) is 8.81. The van der Waals surface area contributed by atoms with Crippen molar-refractivity contribution in [2.45, 2.75) is 50.3 Å². The molecule has 0 spiro atoms. The molecule has 1 aliphatic rings. The minimum absolute atomic E-state index is 0.0242. The number of hydrogen-bond acceptors (Lipinski definition) is 6. The number of rotatable bonds is 8. The average Bonchev–Trinajstić information content (AvgIpc) is 2.72. The fraction of sp³-hybridized carbons (Fsp3) is 0.500. The second-order valence-corrected chi connectivity index (χ2v) is 8.30. The van der Waals surface area contributed by atoms with Crippen LogP contribution in [0.2, 0.25) is 0 Å². The Bertz CT molecular complexity index is 753. The molecule has 0 radical (unpaired) electrons. The zero-order valence-electron chi connectivity index (χ0n) is 16.7. The van der Waals surface area contributed by atoms with Crippen molar-refractivity contribution in [1.29, 1.82) is 0 Å². The molecule has 30 heavy (non-hydrogen) atoms. The Balaban J connectivity index is 1.62. The molecule has 0 saturated heterocycles. The Morgan fingerprint density at radius 3 is 2.43 bits per heavy atom. The summed E-state index contributed by atoms with van der Waals surface area (Å²) < 4.78 is 17.7. The molecule has 1 saturated carbocycles. The van der Waals surface area contributed by atoms with E-state index in [4.69, 9.17) is 4.74 Å². The average molecular weight is 440 g/mol. The van der Waals surface area contributed by atoms with Crippen LogP contribution in [-0.2, 0) is 19.1 Å². The van der Waals surface area contributed by atoms with Crippen molar-refractivity contribution in [3.05, 3.63) is 30.1 Å². The van der Waals surface area contributed by atoms with Crippen LogP contribution in [0.5, 0.6) is 0 Å². The molecule has 3 N–H and O–H groups in total. The molecule has 1 aromatic carbocycles. The van der Waals surface area contributed by atoms with Gasteiger partial charge in [0.05, 0.1) is 5.75 Å². The molecule has 1 aliphatic carbocycles. The summed E-state index contributed by atoms with van der Waals surface area (Å²) in [5.74, 6) is -2.18. The number of anilines is 1. The lowest BCUT2D eigenvalue weighted by Crippen LogP contribution is -2.46. The number of imide groups is 1. The largest absolute Gasteiger partial charge is 0.455 e. The highest BCUT2D eigenvalue weighted by atomic mass is 32.2. The Labute approximate surface area is 178 Å². The fourth-order valence-corrected chi connectivity index (χ4v) is 3.56. The van der Waals surface area contributed by atoms with Crippen LogP contribution in [-0.4, -0.2) is 47.5 Å². The Kier molecular flexibility index (Phi) is 9.59. The number of esters is 1. The number of thioether (sulfide) groups is 1. The third-order valence-electron chi connectivity index (χ3n) is 4.46. The van der Waals surface area contributed by atoms with Gasteiger partial charge < -0.3 is 15.4 Å². The van der Waals surface area contributed by atoms with Crippen LogP contribution in [0.25, 0.3) is 0 Å². The molecular weight excluding hydrogens is 413 g/mol. The summed E-state index contributed by atoms with van der Waals surface area (Å²) in [6, 6.07) is 4.78. The quantitative estimate of drug-likeness (QED) is 0.537. The number of nitrogens with one attached hydrogen (secondary N) is 3. The van der Waals surface area contributed by atoms with Gasteiger partial charge in [-0.3, -0.25) is 19.7 Å². The second-order valence-electron chi connectivity index (χ2n) is 6.97. The number of ether oxygens (including phenoxy) is 1. The van der Waals surface area contributed by atoms with Crippen LogP contribution < -0.4 is 16.0 Å². The van der Waals surface area contributed by atoms with Crippen molar-refractivity contribution in [2.75, 3.05) is 17.7 Å². The highest BCUT2D eigenvalue weighted by molar-refractivity contribution is 8.01. The standard InChI is InChI=1S/C20H26FN3O5S/c1-13(30-12-18(26)22-16-9-7-14(21)8-10-16)19(27)29-11-17(25)24-20(28)23-15-5-3-2-4-6-15/h7-10,13,15H,2-6,11-12H2,1H3,(H,22,26)(H2,23,24,25,28). The minimum atomic E-state index is -0.720. The monoisotopic (exact) mass is 439 g/mol. The highest BCUT2D eigenvalue weighted by Crippen LogP contribution is 2.17. The van der Waals surface area contributed by atoms with E-state index in [1.807, 2.05) is 0 Å². The predicted molar refractivity (Wildman–Crippen MR) is 111 cm³/mol. The number of hydrogen-bond donors (Lipinski definition) is 3. The smallest absolute Gasteiger partial charge is 0.321 e. The zero-order valence-corrected chi connectivity index (χ0v) is 17.6. The van der Waals surface area contributed by atoms with Gasteiger partial charge in [-0.15, -0.1) is 11.8 Å². The van der Waals surface area contributed by atoms with E-state index in [0.29, 0.717) is 5.69 Å². The maximum Gasteiger partial charge on any atom is 0.321 e. The van der Waals surface area contributed by atoms with Gasteiger partial charge in [0.15, 0.2) is 6.61 Å². The van der Waals surface area contributed by atoms with Gasteiger partial charge in [0, 0.05) is 11.7 Å². The first-order valence-corrected chi connectivity index (χ1v) is 10.8. The third-order valence-corrected chi connectivity index (χ3v) is 5.58. The lowest BCUT2D eigenvalue weighted by Gasteiger charge is -2.22. The molecule has 4 amide bonds. The molecule has 1 fully saturated rings. The van der Waals surface area contributed by atoms with E-state index in [9.17, 15) is 23.6 Å². The maximum absolute atomic E-state index is 12.9. The van der Waals surface area contributed by atoms with Crippen LogP contribution >= 0.6 is 11.8 Å². The van der Waals surface area contributed by atoms with E-state index in [1.54, 1.807) is 6.92 Å². The van der Waals surface area contributed by atoms with Crippen LogP contribution in [0.4, 0.5) is 14.9 Å². The van der Waals surface area contributed by atoms with E-state index in [2.05, 4.69) is 16.0 Å².